The molecule has 1 aromatic rings. The fourth-order valence-corrected chi connectivity index (χ4v) is 0.587. The van der Waals surface area contributed by atoms with Gasteiger partial charge in [-0.05, 0) is 12.1 Å². The van der Waals surface area contributed by atoms with Crippen molar-refractivity contribution in [2.45, 2.75) is 0 Å². The number of allylic oxidation sites excluding steroid dienone is 1. The van der Waals surface area contributed by atoms with Crippen LogP contribution in [0.1, 0.15) is 0 Å². The second kappa shape index (κ2) is 4.07. The van der Waals surface area contributed by atoms with Gasteiger partial charge in [-0.1, -0.05) is 0 Å². The predicted molar refractivity (Wildman–Crippen MR) is 41.3 cm³/mol. The Kier molecular flexibility index (Phi) is 2.70. The average molecular weight is 144 g/mol. The molecule has 0 bridgehead atoms. The Morgan fingerprint density at radius 3 is 2.82 bits per heavy atom. The highest BCUT2D eigenvalue weighted by atomic mass is 14.8. The molecule has 1 radical (unpaired) electrons. The second-order valence-electron chi connectivity index (χ2n) is 1.78. The maximum atomic E-state index is 8.12. The first-order chi connectivity index (χ1) is 5.43. The van der Waals surface area contributed by atoms with Gasteiger partial charge in [0, 0.05) is 24.2 Å². The van der Waals surface area contributed by atoms with Gasteiger partial charge < -0.3 is 5.32 Å². The van der Waals surface area contributed by atoms with E-state index in [1.807, 2.05) is 6.07 Å². The van der Waals surface area contributed by atoms with Crippen LogP contribution < -0.4 is 5.32 Å². The first-order valence-corrected chi connectivity index (χ1v) is 3.06. The van der Waals surface area contributed by atoms with Crippen molar-refractivity contribution in [2.24, 2.45) is 0 Å². The smallest absolute Gasteiger partial charge is 0.0934 e. The zero-order chi connectivity index (χ0) is 7.94. The molecule has 0 aliphatic rings. The topological polar surface area (TPSA) is 48.7 Å². The fraction of sp³-hybridized carbons (Fsp3) is 0. The van der Waals surface area contributed by atoms with Crippen LogP contribution in [0.15, 0.2) is 30.6 Å². The highest BCUT2D eigenvalue weighted by Crippen LogP contribution is 2.01. The van der Waals surface area contributed by atoms with Gasteiger partial charge in [0.05, 0.1) is 12.3 Å². The Morgan fingerprint density at radius 2 is 2.18 bits per heavy atom. The molecule has 1 rings (SSSR count). The number of rotatable bonds is 2. The summed E-state index contributed by atoms with van der Waals surface area (Å²) >= 11 is 0. The van der Waals surface area contributed by atoms with E-state index in [0.29, 0.717) is 0 Å². The Morgan fingerprint density at radius 1 is 1.45 bits per heavy atom. The quantitative estimate of drug-likeness (QED) is 0.503. The van der Waals surface area contributed by atoms with Crippen LogP contribution in [0.25, 0.3) is 0 Å². The third kappa shape index (κ3) is 2.50. The third-order valence-corrected chi connectivity index (χ3v) is 1.03. The van der Waals surface area contributed by atoms with Crippen molar-refractivity contribution in [3.05, 3.63) is 36.8 Å². The minimum absolute atomic E-state index is 0.867. The number of hydrogen-bond donors (Lipinski definition) is 1. The molecule has 0 saturated heterocycles. The van der Waals surface area contributed by atoms with Crippen molar-refractivity contribution in [1.82, 2.24) is 4.98 Å². The number of nitrogens with zero attached hydrogens (tertiary/aromatic N) is 2. The summed E-state index contributed by atoms with van der Waals surface area (Å²) < 4.78 is 0. The van der Waals surface area contributed by atoms with Gasteiger partial charge in [-0.15, -0.1) is 0 Å². The summed E-state index contributed by atoms with van der Waals surface area (Å²) in [6.07, 6.45) is 7.16. The highest BCUT2D eigenvalue weighted by Gasteiger charge is 1.82. The molecule has 3 heteroatoms. The molecule has 0 aromatic carbocycles. The number of anilines is 1. The van der Waals surface area contributed by atoms with Crippen LogP contribution in [-0.4, -0.2) is 4.98 Å². The van der Waals surface area contributed by atoms with Gasteiger partial charge in [0.1, 0.15) is 0 Å². The van der Waals surface area contributed by atoms with E-state index >= 15 is 0 Å². The first kappa shape index (κ1) is 7.29. The minimum Gasteiger partial charge on any atom is -0.353 e. The van der Waals surface area contributed by atoms with E-state index in [1.54, 1.807) is 24.5 Å². The molecular weight excluding hydrogens is 138 g/mol. The van der Waals surface area contributed by atoms with Gasteiger partial charge in [0.25, 0.3) is 0 Å². The van der Waals surface area contributed by atoms with Crippen LogP contribution in [0.5, 0.6) is 0 Å². The zero-order valence-corrected chi connectivity index (χ0v) is 5.78. The molecule has 0 aliphatic heterocycles. The monoisotopic (exact) mass is 144 g/mol. The molecule has 1 aromatic heterocycles. The molecule has 0 aliphatic carbocycles. The normalized spacial score (nSPS) is 9.36. The van der Waals surface area contributed by atoms with E-state index < -0.39 is 0 Å². The summed E-state index contributed by atoms with van der Waals surface area (Å²) in [7, 11) is 0. The molecule has 1 heterocycles. The van der Waals surface area contributed by atoms with E-state index in [1.165, 1.54) is 6.08 Å². The van der Waals surface area contributed by atoms with Gasteiger partial charge >= 0.3 is 0 Å². The number of pyridine rings is 1. The molecule has 0 spiro atoms. The van der Waals surface area contributed by atoms with Gasteiger partial charge in [-0.3, -0.25) is 4.98 Å². The number of nitrogens with one attached hydrogen (secondary N) is 1. The molecular formula is C8H6N3. The van der Waals surface area contributed by atoms with E-state index in [0.717, 1.165) is 5.69 Å². The van der Waals surface area contributed by atoms with Gasteiger partial charge in [-0.25, -0.2) is 0 Å². The largest absolute Gasteiger partial charge is 0.353 e. The van der Waals surface area contributed by atoms with Crippen molar-refractivity contribution in [2.75, 3.05) is 5.32 Å². The summed E-state index contributed by atoms with van der Waals surface area (Å²) in [5.74, 6) is 0. The molecule has 0 amide bonds. The molecule has 1 N–H and O–H groups in total. The van der Waals surface area contributed by atoms with E-state index in [2.05, 4.69) is 16.5 Å². The summed E-state index contributed by atoms with van der Waals surface area (Å²) in [6, 6.07) is 5.40. The van der Waals surface area contributed by atoms with Gasteiger partial charge in [0.15, 0.2) is 0 Å². The van der Waals surface area contributed by atoms with Gasteiger partial charge in [0.2, 0.25) is 0 Å². The maximum absolute atomic E-state index is 8.12. The molecule has 0 unspecified atom stereocenters. The maximum Gasteiger partial charge on any atom is 0.0934 e. The lowest BCUT2D eigenvalue weighted by atomic mass is 10.4. The summed E-state index contributed by atoms with van der Waals surface area (Å²) in [4.78, 5) is 3.83. The molecule has 3 nitrogen and oxygen atoms in total. The number of nitriles is 1. The third-order valence-electron chi connectivity index (χ3n) is 1.03. The van der Waals surface area contributed by atoms with Gasteiger partial charge in [-0.2, -0.15) is 5.26 Å². The Balaban J connectivity index is 2.53. The van der Waals surface area contributed by atoms with Crippen molar-refractivity contribution < 1.29 is 0 Å². The van der Waals surface area contributed by atoms with Crippen LogP contribution in [0.3, 0.4) is 0 Å². The Hall–Kier alpha value is -1.82. The lowest BCUT2D eigenvalue weighted by Crippen LogP contribution is -1.86. The highest BCUT2D eigenvalue weighted by molar-refractivity contribution is 5.42. The van der Waals surface area contributed by atoms with E-state index in [-0.39, 0.29) is 0 Å². The van der Waals surface area contributed by atoms with Crippen LogP contribution in [-0.2, 0) is 0 Å². The van der Waals surface area contributed by atoms with Crippen molar-refractivity contribution in [1.29, 1.82) is 5.26 Å². The van der Waals surface area contributed by atoms with Crippen molar-refractivity contribution >= 4 is 5.69 Å². The standard InChI is InChI=1S/C8H6N3/c9-4-1-5-11-8-2-6-10-7-3-8/h1-3,6-7H,(H,10,11). The van der Waals surface area contributed by atoms with Crippen LogP contribution in [0.4, 0.5) is 5.69 Å². The number of aromatic nitrogens is 1. The van der Waals surface area contributed by atoms with Crippen molar-refractivity contribution in [3.63, 3.8) is 0 Å². The minimum atomic E-state index is 0.867. The fourth-order valence-electron chi connectivity index (χ4n) is 0.587. The molecule has 0 atom stereocenters. The van der Waals surface area contributed by atoms with Crippen LogP contribution >= 0.6 is 0 Å². The average Bonchev–Trinajstić information content (AvgIpc) is 2.07. The summed E-state index contributed by atoms with van der Waals surface area (Å²) in [5.41, 5.74) is 0.867. The summed E-state index contributed by atoms with van der Waals surface area (Å²) in [5, 5.41) is 10.9. The Bertz CT molecular complexity index is 271. The predicted octanol–water partition coefficient (Wildman–Crippen LogP) is 1.33. The van der Waals surface area contributed by atoms with Crippen LogP contribution in [0, 0.1) is 17.5 Å². The SMILES string of the molecule is N#C/C=[C]/Nc1ccncc1. The Labute approximate surface area is 65.0 Å². The second-order valence-corrected chi connectivity index (χ2v) is 1.78. The summed E-state index contributed by atoms with van der Waals surface area (Å²) in [6.45, 7) is 0. The van der Waals surface area contributed by atoms with Crippen LogP contribution in [0.2, 0.25) is 0 Å². The lowest BCUT2D eigenvalue weighted by molar-refractivity contribution is 1.32. The van der Waals surface area contributed by atoms with Crippen molar-refractivity contribution in [3.8, 4) is 6.07 Å². The number of hydrogen-bond acceptors (Lipinski definition) is 3. The molecule has 0 saturated carbocycles. The lowest BCUT2D eigenvalue weighted by Gasteiger charge is -1.94. The molecule has 53 valence electrons. The van der Waals surface area contributed by atoms with E-state index in [9.17, 15) is 0 Å². The molecule has 11 heavy (non-hydrogen) atoms. The van der Waals surface area contributed by atoms with E-state index in [4.69, 9.17) is 5.26 Å². The molecule has 0 fully saturated rings. The first-order valence-electron chi connectivity index (χ1n) is 3.06. The zero-order valence-electron chi connectivity index (χ0n) is 5.78.